The van der Waals surface area contributed by atoms with Gasteiger partial charge in [0.05, 0.1) is 20.2 Å². The van der Waals surface area contributed by atoms with Crippen LogP contribution in [0.1, 0.15) is 27.0 Å². The molecule has 1 fully saturated rings. The van der Waals surface area contributed by atoms with Gasteiger partial charge in [0.25, 0.3) is 5.91 Å². The van der Waals surface area contributed by atoms with E-state index in [2.05, 4.69) is 22.5 Å². The zero-order valence-electron chi connectivity index (χ0n) is 32.4. The van der Waals surface area contributed by atoms with Gasteiger partial charge in [0.15, 0.2) is 0 Å². The van der Waals surface area contributed by atoms with Crippen molar-refractivity contribution < 1.29 is 23.9 Å². The summed E-state index contributed by atoms with van der Waals surface area (Å²) in [4.78, 5) is 57.1. The highest BCUT2D eigenvalue weighted by atomic mass is 16.5. The number of amides is 5. The number of ether oxygens (including phenoxy) is 1. The van der Waals surface area contributed by atoms with Gasteiger partial charge in [0.2, 0.25) is 11.8 Å². The Bertz CT molecular complexity index is 2420. The average Bonchev–Trinajstić information content (AvgIpc) is 3.30. The maximum absolute atomic E-state index is 14.6. The molecule has 11 heteroatoms. The van der Waals surface area contributed by atoms with Gasteiger partial charge in [-0.25, -0.2) is 9.80 Å². The van der Waals surface area contributed by atoms with Crippen molar-refractivity contribution in [2.75, 3.05) is 38.6 Å². The Kier molecular flexibility index (Phi) is 12.4. The predicted octanol–water partition coefficient (Wildman–Crippen LogP) is 6.94. The Labute approximate surface area is 337 Å². The normalized spacial score (nSPS) is 14.8. The fraction of sp³-hybridized carbons (Fsp3) is 0.191. The summed E-state index contributed by atoms with van der Waals surface area (Å²) >= 11 is 0. The number of hydrogen-bond acceptors (Lipinski definition) is 6. The Morgan fingerprint density at radius 1 is 0.810 bits per heavy atom. The van der Waals surface area contributed by atoms with Crippen molar-refractivity contribution >= 4 is 51.0 Å². The number of benzene rings is 6. The van der Waals surface area contributed by atoms with E-state index in [1.807, 2.05) is 115 Å². The number of rotatable bonds is 12. The number of nitrogens with zero attached hydrogens (tertiary/aromatic N) is 3. The van der Waals surface area contributed by atoms with E-state index in [-0.39, 0.29) is 51.0 Å². The fourth-order valence-electron chi connectivity index (χ4n) is 7.29. The molecule has 0 saturated carbocycles. The van der Waals surface area contributed by atoms with Gasteiger partial charge in [-0.1, -0.05) is 109 Å². The molecule has 7 rings (SSSR count). The summed E-state index contributed by atoms with van der Waals surface area (Å²) in [6, 6.07) is 40.8. The van der Waals surface area contributed by atoms with Crippen LogP contribution < -0.4 is 20.7 Å². The highest BCUT2D eigenvalue weighted by Gasteiger charge is 2.32. The molecule has 5 amide bonds. The lowest BCUT2D eigenvalue weighted by Gasteiger charge is -2.34. The molecule has 1 aliphatic rings. The van der Waals surface area contributed by atoms with Crippen molar-refractivity contribution in [2.24, 2.45) is 0 Å². The maximum Gasteiger partial charge on any atom is 0.332 e. The predicted molar refractivity (Wildman–Crippen MR) is 227 cm³/mol. The average molecular weight is 775 g/mol. The van der Waals surface area contributed by atoms with Gasteiger partial charge < -0.3 is 25.6 Å². The van der Waals surface area contributed by atoms with E-state index in [1.54, 1.807) is 41.3 Å². The third-order valence-corrected chi connectivity index (χ3v) is 10.3. The van der Waals surface area contributed by atoms with E-state index < -0.39 is 18.0 Å². The van der Waals surface area contributed by atoms with Crippen LogP contribution in [0.5, 0.6) is 5.75 Å². The first-order chi connectivity index (χ1) is 28.3. The number of hydrazine groups is 1. The molecule has 0 unspecified atom stereocenters. The molecule has 1 aliphatic heterocycles. The molecule has 1 atom stereocenters. The van der Waals surface area contributed by atoms with Crippen LogP contribution in [-0.4, -0.2) is 78.0 Å². The number of nitrogens with one attached hydrogen (secondary N) is 3. The smallest absolute Gasteiger partial charge is 0.332 e. The van der Waals surface area contributed by atoms with Gasteiger partial charge in [-0.15, -0.1) is 6.58 Å². The molecule has 1 saturated heterocycles. The number of methoxy groups -OCH3 is 1. The highest BCUT2D eigenvalue weighted by Crippen LogP contribution is 2.23. The van der Waals surface area contributed by atoms with Gasteiger partial charge in [-0.3, -0.25) is 19.4 Å². The molecule has 58 heavy (non-hydrogen) atoms. The molecule has 0 radical (unpaired) electrons. The van der Waals surface area contributed by atoms with E-state index in [9.17, 15) is 19.2 Å². The van der Waals surface area contributed by atoms with Gasteiger partial charge in [0, 0.05) is 43.9 Å². The Balaban J connectivity index is 1.11. The van der Waals surface area contributed by atoms with E-state index in [4.69, 9.17) is 4.74 Å². The first-order valence-electron chi connectivity index (χ1n) is 19.3. The number of fused-ring (bicyclic) bond motifs is 2. The maximum atomic E-state index is 14.6. The molecule has 294 valence electrons. The number of carbonyl (C=O) groups is 4. The summed E-state index contributed by atoms with van der Waals surface area (Å²) in [5.74, 6) is -0.154. The fourth-order valence-corrected chi connectivity index (χ4v) is 7.29. The lowest BCUT2D eigenvalue weighted by Crippen LogP contribution is -2.54. The van der Waals surface area contributed by atoms with E-state index in [0.29, 0.717) is 23.5 Å². The molecule has 0 bridgehead atoms. The molecule has 1 heterocycles. The second-order valence-corrected chi connectivity index (χ2v) is 14.2. The summed E-state index contributed by atoms with van der Waals surface area (Å²) in [7, 11) is 1.60. The summed E-state index contributed by atoms with van der Waals surface area (Å²) in [5, 5.41) is 16.0. The molecule has 11 nitrogen and oxygen atoms in total. The monoisotopic (exact) mass is 774 g/mol. The highest BCUT2D eigenvalue weighted by molar-refractivity contribution is 6.13. The second-order valence-electron chi connectivity index (χ2n) is 14.2. The molecule has 0 aliphatic carbocycles. The van der Waals surface area contributed by atoms with Crippen LogP contribution in [0.15, 0.2) is 146 Å². The summed E-state index contributed by atoms with van der Waals surface area (Å²) < 4.78 is 5.25. The summed E-state index contributed by atoms with van der Waals surface area (Å²) in [5.41, 5.74) is 3.82. The van der Waals surface area contributed by atoms with Crippen LogP contribution in [0.2, 0.25) is 0 Å². The molecule has 0 aromatic heterocycles. The topological polar surface area (TPSA) is 123 Å². The van der Waals surface area contributed by atoms with Crippen LogP contribution >= 0.6 is 0 Å². The van der Waals surface area contributed by atoms with Crippen LogP contribution in [-0.2, 0) is 29.1 Å². The van der Waals surface area contributed by atoms with Gasteiger partial charge >= 0.3 is 6.03 Å². The van der Waals surface area contributed by atoms with Gasteiger partial charge in [-0.2, -0.15) is 0 Å². The first kappa shape index (κ1) is 39.3. The largest absolute Gasteiger partial charge is 0.497 e. The van der Waals surface area contributed by atoms with Crippen molar-refractivity contribution in [3.05, 3.63) is 168 Å². The molecule has 3 N–H and O–H groups in total. The lowest BCUT2D eigenvalue weighted by molar-refractivity contribution is -0.136. The molecule has 0 spiro atoms. The summed E-state index contributed by atoms with van der Waals surface area (Å²) in [6.45, 7) is 4.86. The summed E-state index contributed by atoms with van der Waals surface area (Å²) in [6.07, 6.45) is 1.82. The third-order valence-electron chi connectivity index (χ3n) is 10.3. The number of anilines is 1. The number of hydrogen-bond donors (Lipinski definition) is 3. The van der Waals surface area contributed by atoms with E-state index >= 15 is 0 Å². The number of urea groups is 1. The standard InChI is InChI=1S/C47H46N6O5/c1-3-26-53(47(57)48-30-34-20-24-39(58-2)25-21-34)52-28-27-51(31-37-14-8-12-35-10-4-6-15-40(35)37)46(56)43(50-44(54)32-52)29-33-18-22-38(23-19-33)49-45(55)42-17-9-13-36-11-5-7-16-41(36)42/h3-25,43H,1,26-32H2,2H3,(H,48,57)(H,49,55)(H,50,54)/t43-/m0/s1. The molecular weight excluding hydrogens is 729 g/mol. The Hall–Kier alpha value is -6.98. The first-order valence-corrected chi connectivity index (χ1v) is 19.3. The minimum atomic E-state index is -0.893. The minimum absolute atomic E-state index is 0.145. The zero-order valence-corrected chi connectivity index (χ0v) is 32.4. The van der Waals surface area contributed by atoms with Gasteiger partial charge in [-0.05, 0) is 68.6 Å². The minimum Gasteiger partial charge on any atom is -0.497 e. The van der Waals surface area contributed by atoms with Crippen LogP contribution in [0.25, 0.3) is 21.5 Å². The lowest BCUT2D eigenvalue weighted by atomic mass is 10.0. The zero-order chi connectivity index (χ0) is 40.4. The SMILES string of the molecule is C=CCN(C(=O)NCc1ccc(OC)cc1)N1CCN(Cc2cccc3ccccc23)C(=O)[C@H](Cc2ccc(NC(=O)c3cccc4ccccc34)cc2)NC(=O)C1. The van der Waals surface area contributed by atoms with Crippen molar-refractivity contribution in [3.8, 4) is 5.75 Å². The van der Waals surface area contributed by atoms with Crippen molar-refractivity contribution in [2.45, 2.75) is 25.6 Å². The van der Waals surface area contributed by atoms with Crippen molar-refractivity contribution in [1.29, 1.82) is 0 Å². The Morgan fingerprint density at radius 3 is 2.19 bits per heavy atom. The van der Waals surface area contributed by atoms with E-state index in [1.165, 1.54) is 5.01 Å². The van der Waals surface area contributed by atoms with Crippen LogP contribution in [0.3, 0.4) is 0 Å². The quantitative estimate of drug-likeness (QED) is 0.116. The van der Waals surface area contributed by atoms with Crippen LogP contribution in [0.4, 0.5) is 10.5 Å². The second kappa shape index (κ2) is 18.3. The molecular formula is C47H46N6O5. The molecule has 6 aromatic rings. The Morgan fingerprint density at radius 2 is 1.47 bits per heavy atom. The van der Waals surface area contributed by atoms with Crippen molar-refractivity contribution in [1.82, 2.24) is 25.6 Å². The van der Waals surface area contributed by atoms with Crippen molar-refractivity contribution in [3.63, 3.8) is 0 Å². The number of carbonyl (C=O) groups excluding carboxylic acids is 4. The van der Waals surface area contributed by atoms with Gasteiger partial charge in [0.1, 0.15) is 11.8 Å². The van der Waals surface area contributed by atoms with E-state index in [0.717, 1.165) is 38.2 Å². The third kappa shape index (κ3) is 9.34. The molecule has 6 aromatic carbocycles. The van der Waals surface area contributed by atoms with Crippen LogP contribution in [0, 0.1) is 0 Å².